The number of carbonyl (C=O) groups excluding carboxylic acids is 1. The summed E-state index contributed by atoms with van der Waals surface area (Å²) in [6, 6.07) is 0.267. The van der Waals surface area contributed by atoms with Gasteiger partial charge in [0.25, 0.3) is 0 Å². The summed E-state index contributed by atoms with van der Waals surface area (Å²) >= 11 is 0. The second kappa shape index (κ2) is 6.04. The summed E-state index contributed by atoms with van der Waals surface area (Å²) in [4.78, 5) is 11.5. The summed E-state index contributed by atoms with van der Waals surface area (Å²) in [6.07, 6.45) is 3.05. The molecule has 1 amide bonds. The Hall–Kier alpha value is -0.530. The highest BCUT2D eigenvalue weighted by atomic mass is 16.1. The molecule has 1 atom stereocenters. The summed E-state index contributed by atoms with van der Waals surface area (Å²) in [5.41, 5.74) is 0. The third-order valence-corrected chi connectivity index (χ3v) is 1.93. The van der Waals surface area contributed by atoms with E-state index in [0.717, 1.165) is 19.3 Å². The van der Waals surface area contributed by atoms with Crippen molar-refractivity contribution in [3.05, 3.63) is 0 Å². The van der Waals surface area contributed by atoms with Crippen LogP contribution in [0.3, 0.4) is 0 Å². The van der Waals surface area contributed by atoms with Gasteiger partial charge in [-0.3, -0.25) is 4.79 Å². The predicted molar refractivity (Wildman–Crippen MR) is 52.0 cm³/mol. The number of rotatable bonds is 5. The highest BCUT2D eigenvalue weighted by Crippen LogP contribution is 2.10. The summed E-state index contributed by atoms with van der Waals surface area (Å²) < 4.78 is 0. The molecule has 0 aromatic heterocycles. The van der Waals surface area contributed by atoms with Crippen molar-refractivity contribution in [1.29, 1.82) is 0 Å². The minimum Gasteiger partial charge on any atom is -0.354 e. The first-order valence-corrected chi connectivity index (χ1v) is 4.92. The van der Waals surface area contributed by atoms with E-state index in [2.05, 4.69) is 19.2 Å². The maximum absolute atomic E-state index is 11.5. The Balaban J connectivity index is 3.85. The molecule has 0 saturated carbocycles. The smallest absolute Gasteiger partial charge is 0.223 e. The van der Waals surface area contributed by atoms with Crippen molar-refractivity contribution in [2.75, 3.05) is 0 Å². The summed E-state index contributed by atoms with van der Waals surface area (Å²) in [6.45, 7) is 8.18. The second-order valence-electron chi connectivity index (χ2n) is 3.56. The Morgan fingerprint density at radius 1 is 1.33 bits per heavy atom. The predicted octanol–water partition coefficient (Wildman–Crippen LogP) is 2.34. The first kappa shape index (κ1) is 11.5. The topological polar surface area (TPSA) is 29.1 Å². The van der Waals surface area contributed by atoms with E-state index in [9.17, 15) is 4.79 Å². The monoisotopic (exact) mass is 171 g/mol. The van der Waals surface area contributed by atoms with Crippen molar-refractivity contribution in [1.82, 2.24) is 5.32 Å². The van der Waals surface area contributed by atoms with E-state index >= 15 is 0 Å². The molecule has 0 radical (unpaired) electrons. The molecule has 0 rings (SSSR count). The Morgan fingerprint density at radius 2 is 1.92 bits per heavy atom. The van der Waals surface area contributed by atoms with E-state index in [1.54, 1.807) is 0 Å². The van der Waals surface area contributed by atoms with Crippen LogP contribution in [0.1, 0.15) is 47.0 Å². The molecule has 12 heavy (non-hydrogen) atoms. The zero-order valence-corrected chi connectivity index (χ0v) is 8.68. The Labute approximate surface area is 75.7 Å². The molecule has 0 aliphatic heterocycles. The van der Waals surface area contributed by atoms with Crippen molar-refractivity contribution < 1.29 is 4.79 Å². The van der Waals surface area contributed by atoms with E-state index in [0.29, 0.717) is 0 Å². The van der Waals surface area contributed by atoms with Crippen LogP contribution in [0.25, 0.3) is 0 Å². The summed E-state index contributed by atoms with van der Waals surface area (Å²) in [5, 5.41) is 2.94. The van der Waals surface area contributed by atoms with E-state index in [4.69, 9.17) is 0 Å². The van der Waals surface area contributed by atoms with Crippen molar-refractivity contribution >= 4 is 5.91 Å². The van der Waals surface area contributed by atoms with Crippen LogP contribution in [0.5, 0.6) is 0 Å². The summed E-state index contributed by atoms with van der Waals surface area (Å²) in [5.74, 6) is 0.437. The number of nitrogens with one attached hydrogen (secondary N) is 1. The minimum absolute atomic E-state index is 0.217. The highest BCUT2D eigenvalue weighted by molar-refractivity contribution is 5.78. The highest BCUT2D eigenvalue weighted by Gasteiger charge is 2.15. The van der Waals surface area contributed by atoms with Crippen molar-refractivity contribution in [2.45, 2.75) is 53.0 Å². The van der Waals surface area contributed by atoms with Gasteiger partial charge in [-0.15, -0.1) is 0 Å². The van der Waals surface area contributed by atoms with Gasteiger partial charge in [0.05, 0.1) is 0 Å². The first-order chi connectivity index (χ1) is 5.61. The third-order valence-electron chi connectivity index (χ3n) is 1.93. The van der Waals surface area contributed by atoms with Gasteiger partial charge in [0.1, 0.15) is 0 Å². The molecule has 1 N–H and O–H groups in total. The number of hydrogen-bond donors (Lipinski definition) is 1. The Bertz CT molecular complexity index is 132. The molecule has 1 unspecified atom stereocenters. The zero-order chi connectivity index (χ0) is 9.56. The molecule has 0 spiro atoms. The molecular formula is C10H21NO. The lowest BCUT2D eigenvalue weighted by Gasteiger charge is -2.15. The van der Waals surface area contributed by atoms with Gasteiger partial charge in [0.2, 0.25) is 5.91 Å². The molecular weight excluding hydrogens is 150 g/mol. The van der Waals surface area contributed by atoms with Gasteiger partial charge in [-0.25, -0.2) is 0 Å². The van der Waals surface area contributed by atoms with Crippen LogP contribution in [0.15, 0.2) is 0 Å². The average molecular weight is 171 g/mol. The quantitative estimate of drug-likeness (QED) is 0.676. The first-order valence-electron chi connectivity index (χ1n) is 4.92. The largest absolute Gasteiger partial charge is 0.354 e. The fraction of sp³-hybridized carbons (Fsp3) is 0.900. The maximum Gasteiger partial charge on any atom is 0.223 e. The molecule has 0 aliphatic rings. The average Bonchev–Trinajstić information content (AvgIpc) is 1.98. The van der Waals surface area contributed by atoms with Crippen molar-refractivity contribution in [3.8, 4) is 0 Å². The molecule has 0 fully saturated rings. The van der Waals surface area contributed by atoms with Crippen LogP contribution in [0.4, 0.5) is 0 Å². The molecule has 0 saturated heterocycles. The van der Waals surface area contributed by atoms with Gasteiger partial charge in [0, 0.05) is 12.0 Å². The van der Waals surface area contributed by atoms with Crippen molar-refractivity contribution in [2.24, 2.45) is 5.92 Å². The number of carbonyl (C=O) groups is 1. The van der Waals surface area contributed by atoms with Gasteiger partial charge in [-0.2, -0.15) is 0 Å². The molecule has 0 bridgehead atoms. The minimum atomic E-state index is 0.217. The lowest BCUT2D eigenvalue weighted by Crippen LogP contribution is -2.35. The normalized spacial score (nSPS) is 13.1. The van der Waals surface area contributed by atoms with Crippen LogP contribution in [0.2, 0.25) is 0 Å². The van der Waals surface area contributed by atoms with Gasteiger partial charge >= 0.3 is 0 Å². The van der Waals surface area contributed by atoms with Crippen molar-refractivity contribution in [3.63, 3.8) is 0 Å². The fourth-order valence-electron chi connectivity index (χ4n) is 1.27. The molecule has 0 aromatic rings. The zero-order valence-electron chi connectivity index (χ0n) is 8.68. The van der Waals surface area contributed by atoms with Gasteiger partial charge in [0.15, 0.2) is 0 Å². The Kier molecular flexibility index (Phi) is 5.77. The molecule has 0 heterocycles. The number of hydrogen-bond acceptors (Lipinski definition) is 1. The standard InChI is InChI=1S/C10H21NO/c1-5-7-9(6-2)10(12)11-8(3)4/h8-9H,5-7H2,1-4H3,(H,11,12). The molecule has 0 aliphatic carbocycles. The van der Waals surface area contributed by atoms with Crippen LogP contribution < -0.4 is 5.32 Å². The van der Waals surface area contributed by atoms with Crippen LogP contribution >= 0.6 is 0 Å². The number of amides is 1. The van der Waals surface area contributed by atoms with E-state index < -0.39 is 0 Å². The maximum atomic E-state index is 11.5. The van der Waals surface area contributed by atoms with Crippen LogP contribution in [-0.4, -0.2) is 11.9 Å². The van der Waals surface area contributed by atoms with Crippen LogP contribution in [0, 0.1) is 5.92 Å². The SMILES string of the molecule is CCCC(CC)C(=O)NC(C)C. The molecule has 2 heteroatoms. The van der Waals surface area contributed by atoms with E-state index in [1.807, 2.05) is 13.8 Å². The van der Waals surface area contributed by atoms with Crippen LogP contribution in [-0.2, 0) is 4.79 Å². The lowest BCUT2D eigenvalue weighted by atomic mass is 10.00. The molecule has 2 nitrogen and oxygen atoms in total. The molecule has 72 valence electrons. The third kappa shape index (κ3) is 4.37. The lowest BCUT2D eigenvalue weighted by molar-refractivity contribution is -0.125. The summed E-state index contributed by atoms with van der Waals surface area (Å²) in [7, 11) is 0. The fourth-order valence-corrected chi connectivity index (χ4v) is 1.27. The van der Waals surface area contributed by atoms with Gasteiger partial charge < -0.3 is 5.32 Å². The van der Waals surface area contributed by atoms with Gasteiger partial charge in [-0.05, 0) is 26.7 Å². The Morgan fingerprint density at radius 3 is 2.25 bits per heavy atom. The van der Waals surface area contributed by atoms with Gasteiger partial charge in [-0.1, -0.05) is 20.3 Å². The molecule has 0 aromatic carbocycles. The van der Waals surface area contributed by atoms with E-state index in [-0.39, 0.29) is 17.9 Å². The second-order valence-corrected chi connectivity index (χ2v) is 3.56. The van der Waals surface area contributed by atoms with E-state index in [1.165, 1.54) is 0 Å².